The van der Waals surface area contributed by atoms with Gasteiger partial charge in [0, 0.05) is 13.3 Å². The van der Waals surface area contributed by atoms with Crippen molar-refractivity contribution in [3.05, 3.63) is 23.9 Å². The Morgan fingerprint density at radius 1 is 1.61 bits per heavy atom. The average Bonchev–Trinajstić information content (AvgIpc) is 2.39. The summed E-state index contributed by atoms with van der Waals surface area (Å²) in [5, 5.41) is 2.91. The first-order valence-electron chi connectivity index (χ1n) is 5.94. The molecule has 100 valence electrons. The SMILES string of the molecule is CCCC(COC)NC(=O)c1cccnc1NN. The molecule has 0 saturated carbocycles. The topological polar surface area (TPSA) is 89.3 Å². The number of nitrogens with one attached hydrogen (secondary N) is 2. The smallest absolute Gasteiger partial charge is 0.255 e. The lowest BCUT2D eigenvalue weighted by Crippen LogP contribution is -2.38. The van der Waals surface area contributed by atoms with Crippen LogP contribution in [0.2, 0.25) is 0 Å². The van der Waals surface area contributed by atoms with E-state index in [1.165, 1.54) is 0 Å². The largest absolute Gasteiger partial charge is 0.383 e. The number of hydrogen-bond acceptors (Lipinski definition) is 5. The van der Waals surface area contributed by atoms with Crippen LogP contribution in [0.15, 0.2) is 18.3 Å². The highest BCUT2D eigenvalue weighted by atomic mass is 16.5. The van der Waals surface area contributed by atoms with E-state index >= 15 is 0 Å². The quantitative estimate of drug-likeness (QED) is 0.496. The van der Waals surface area contributed by atoms with Gasteiger partial charge in [-0.2, -0.15) is 0 Å². The van der Waals surface area contributed by atoms with E-state index in [4.69, 9.17) is 10.6 Å². The molecule has 1 heterocycles. The summed E-state index contributed by atoms with van der Waals surface area (Å²) in [7, 11) is 1.62. The van der Waals surface area contributed by atoms with Crippen molar-refractivity contribution in [1.29, 1.82) is 0 Å². The second-order valence-corrected chi connectivity index (χ2v) is 3.96. The molecular formula is C12H20N4O2. The zero-order chi connectivity index (χ0) is 13.4. The van der Waals surface area contributed by atoms with Crippen molar-refractivity contribution in [1.82, 2.24) is 10.3 Å². The fraction of sp³-hybridized carbons (Fsp3) is 0.500. The molecule has 0 aliphatic rings. The van der Waals surface area contributed by atoms with Gasteiger partial charge in [0.2, 0.25) is 0 Å². The Hall–Kier alpha value is -1.66. The van der Waals surface area contributed by atoms with Crippen LogP contribution < -0.4 is 16.6 Å². The molecule has 0 bridgehead atoms. The van der Waals surface area contributed by atoms with Crippen molar-refractivity contribution in [2.75, 3.05) is 19.1 Å². The Morgan fingerprint density at radius 3 is 3.00 bits per heavy atom. The Balaban J connectivity index is 2.73. The molecule has 1 atom stereocenters. The van der Waals surface area contributed by atoms with Gasteiger partial charge in [-0.25, -0.2) is 10.8 Å². The Labute approximate surface area is 107 Å². The lowest BCUT2D eigenvalue weighted by atomic mass is 10.1. The predicted octanol–water partition coefficient (Wildman–Crippen LogP) is 0.912. The molecule has 0 fully saturated rings. The molecule has 6 nitrogen and oxygen atoms in total. The first kappa shape index (κ1) is 14.4. The van der Waals surface area contributed by atoms with Crippen molar-refractivity contribution in [2.24, 2.45) is 5.84 Å². The van der Waals surface area contributed by atoms with E-state index < -0.39 is 0 Å². The standard InChI is InChI=1S/C12H20N4O2/c1-3-5-9(8-18-2)15-12(17)10-6-4-7-14-11(10)16-13/h4,6-7,9H,3,5,8,13H2,1-2H3,(H,14,16)(H,15,17). The zero-order valence-corrected chi connectivity index (χ0v) is 10.8. The zero-order valence-electron chi connectivity index (χ0n) is 10.8. The molecule has 0 aromatic carbocycles. The number of hydrazine groups is 1. The lowest BCUT2D eigenvalue weighted by Gasteiger charge is -2.17. The van der Waals surface area contributed by atoms with E-state index in [0.29, 0.717) is 18.0 Å². The summed E-state index contributed by atoms with van der Waals surface area (Å²) >= 11 is 0. The molecule has 1 aromatic heterocycles. The van der Waals surface area contributed by atoms with E-state index in [9.17, 15) is 4.79 Å². The molecule has 1 aromatic rings. The summed E-state index contributed by atoms with van der Waals surface area (Å²) < 4.78 is 5.08. The van der Waals surface area contributed by atoms with Crippen molar-refractivity contribution in [3.63, 3.8) is 0 Å². The number of methoxy groups -OCH3 is 1. The number of amides is 1. The normalized spacial score (nSPS) is 11.9. The van der Waals surface area contributed by atoms with Crippen LogP contribution in [0.5, 0.6) is 0 Å². The number of anilines is 1. The molecule has 0 aliphatic carbocycles. The number of hydrogen-bond donors (Lipinski definition) is 3. The van der Waals surface area contributed by atoms with Gasteiger partial charge in [-0.15, -0.1) is 0 Å². The predicted molar refractivity (Wildman–Crippen MR) is 70.1 cm³/mol. The van der Waals surface area contributed by atoms with Crippen LogP contribution in [0, 0.1) is 0 Å². The minimum absolute atomic E-state index is 0.00155. The van der Waals surface area contributed by atoms with Gasteiger partial charge in [0.1, 0.15) is 0 Å². The first-order chi connectivity index (χ1) is 8.72. The molecule has 1 amide bonds. The fourth-order valence-electron chi connectivity index (χ4n) is 1.71. The summed E-state index contributed by atoms with van der Waals surface area (Å²) in [6, 6.07) is 3.37. The second kappa shape index (κ2) is 7.62. The van der Waals surface area contributed by atoms with Crippen molar-refractivity contribution >= 4 is 11.7 Å². The molecule has 0 spiro atoms. The van der Waals surface area contributed by atoms with Crippen molar-refractivity contribution in [3.8, 4) is 0 Å². The van der Waals surface area contributed by atoms with Gasteiger partial charge in [-0.05, 0) is 18.6 Å². The van der Waals surface area contributed by atoms with Crippen LogP contribution in [0.25, 0.3) is 0 Å². The first-order valence-corrected chi connectivity index (χ1v) is 5.94. The highest BCUT2D eigenvalue weighted by Gasteiger charge is 2.16. The Kier molecular flexibility index (Phi) is 6.10. The number of pyridine rings is 1. The number of nitrogens with zero attached hydrogens (tertiary/aromatic N) is 1. The van der Waals surface area contributed by atoms with Crippen LogP contribution in [0.4, 0.5) is 5.82 Å². The van der Waals surface area contributed by atoms with Crippen LogP contribution >= 0.6 is 0 Å². The summed E-state index contributed by atoms with van der Waals surface area (Å²) in [4.78, 5) is 16.1. The number of nitrogen functional groups attached to an aromatic ring is 1. The molecule has 4 N–H and O–H groups in total. The van der Waals surface area contributed by atoms with Gasteiger partial charge in [0.15, 0.2) is 5.82 Å². The highest BCUT2D eigenvalue weighted by molar-refractivity contribution is 5.98. The maximum Gasteiger partial charge on any atom is 0.255 e. The minimum atomic E-state index is -0.202. The number of aromatic nitrogens is 1. The third-order valence-corrected chi connectivity index (χ3v) is 2.53. The number of carbonyl (C=O) groups excluding carboxylic acids is 1. The molecule has 1 rings (SSSR count). The molecule has 0 saturated heterocycles. The monoisotopic (exact) mass is 252 g/mol. The van der Waals surface area contributed by atoms with Crippen LogP contribution in [0.3, 0.4) is 0 Å². The molecular weight excluding hydrogens is 232 g/mol. The van der Waals surface area contributed by atoms with Gasteiger partial charge < -0.3 is 15.5 Å². The Morgan fingerprint density at radius 2 is 2.39 bits per heavy atom. The van der Waals surface area contributed by atoms with Crippen LogP contribution in [-0.4, -0.2) is 30.6 Å². The number of ether oxygens (including phenoxy) is 1. The summed E-state index contributed by atoms with van der Waals surface area (Å²) in [6.45, 7) is 2.55. The minimum Gasteiger partial charge on any atom is -0.383 e. The third-order valence-electron chi connectivity index (χ3n) is 2.53. The maximum atomic E-state index is 12.1. The summed E-state index contributed by atoms with van der Waals surface area (Å²) in [5.41, 5.74) is 2.84. The van der Waals surface area contributed by atoms with Gasteiger partial charge in [-0.1, -0.05) is 13.3 Å². The van der Waals surface area contributed by atoms with Gasteiger partial charge in [-0.3, -0.25) is 4.79 Å². The van der Waals surface area contributed by atoms with Gasteiger partial charge in [0.05, 0.1) is 18.2 Å². The molecule has 0 aliphatic heterocycles. The van der Waals surface area contributed by atoms with E-state index in [0.717, 1.165) is 12.8 Å². The van der Waals surface area contributed by atoms with Crippen molar-refractivity contribution < 1.29 is 9.53 Å². The van der Waals surface area contributed by atoms with E-state index in [1.807, 2.05) is 0 Å². The molecule has 6 heteroatoms. The lowest BCUT2D eigenvalue weighted by molar-refractivity contribution is 0.0892. The number of nitrogens with two attached hydrogens (primary N) is 1. The van der Waals surface area contributed by atoms with Gasteiger partial charge in [0.25, 0.3) is 5.91 Å². The molecule has 1 unspecified atom stereocenters. The van der Waals surface area contributed by atoms with Crippen molar-refractivity contribution in [2.45, 2.75) is 25.8 Å². The van der Waals surface area contributed by atoms with Crippen LogP contribution in [0.1, 0.15) is 30.1 Å². The molecule has 18 heavy (non-hydrogen) atoms. The van der Waals surface area contributed by atoms with Crippen LogP contribution in [-0.2, 0) is 4.74 Å². The third kappa shape index (κ3) is 3.97. The second-order valence-electron chi connectivity index (χ2n) is 3.96. The fourth-order valence-corrected chi connectivity index (χ4v) is 1.71. The number of carbonyl (C=O) groups is 1. The van der Waals surface area contributed by atoms with E-state index in [-0.39, 0.29) is 11.9 Å². The average molecular weight is 252 g/mol. The number of rotatable bonds is 7. The summed E-state index contributed by atoms with van der Waals surface area (Å²) in [6.07, 6.45) is 3.42. The van der Waals surface area contributed by atoms with E-state index in [1.54, 1.807) is 25.4 Å². The van der Waals surface area contributed by atoms with Gasteiger partial charge >= 0.3 is 0 Å². The summed E-state index contributed by atoms with van der Waals surface area (Å²) in [5.74, 6) is 5.48. The molecule has 0 radical (unpaired) electrons. The highest BCUT2D eigenvalue weighted by Crippen LogP contribution is 2.10. The Bertz CT molecular complexity index is 378. The maximum absolute atomic E-state index is 12.1. The van der Waals surface area contributed by atoms with E-state index in [2.05, 4.69) is 22.7 Å².